The predicted octanol–water partition coefficient (Wildman–Crippen LogP) is 4.02. The van der Waals surface area contributed by atoms with Crippen molar-refractivity contribution in [3.63, 3.8) is 0 Å². The minimum absolute atomic E-state index is 0.0957. The molecule has 0 aliphatic heterocycles. The van der Waals surface area contributed by atoms with E-state index < -0.39 is 23.3 Å². The molecule has 0 spiro atoms. The fourth-order valence-electron chi connectivity index (χ4n) is 1.88. The van der Waals surface area contributed by atoms with Crippen LogP contribution in [0.4, 0.5) is 17.6 Å². The van der Waals surface area contributed by atoms with Gasteiger partial charge in [-0.25, -0.2) is 17.6 Å². The summed E-state index contributed by atoms with van der Waals surface area (Å²) in [7, 11) is 0. The zero-order valence-corrected chi connectivity index (χ0v) is 10.8. The van der Waals surface area contributed by atoms with Crippen molar-refractivity contribution >= 4 is 0 Å². The minimum Gasteiger partial charge on any atom is -0.313 e. The van der Waals surface area contributed by atoms with E-state index >= 15 is 0 Å². The fraction of sp³-hybridized carbons (Fsp3) is 0.200. The third-order valence-electron chi connectivity index (χ3n) is 2.93. The van der Waals surface area contributed by atoms with E-state index in [2.05, 4.69) is 5.32 Å². The van der Waals surface area contributed by atoms with Crippen LogP contribution in [0.1, 0.15) is 12.5 Å². The smallest absolute Gasteiger partial charge is 0.161 e. The monoisotopic (exact) mass is 283 g/mol. The van der Waals surface area contributed by atoms with Crippen molar-refractivity contribution in [3.05, 3.63) is 59.2 Å². The molecule has 0 fully saturated rings. The Labute approximate surface area is 114 Å². The molecule has 2 rings (SSSR count). The lowest BCUT2D eigenvalue weighted by Crippen LogP contribution is -2.13. The summed E-state index contributed by atoms with van der Waals surface area (Å²) in [6, 6.07) is 5.20. The molecule has 0 amide bonds. The second-order valence-corrected chi connectivity index (χ2v) is 4.33. The topological polar surface area (TPSA) is 12.0 Å². The molecule has 0 bridgehead atoms. The normalized spacial score (nSPS) is 10.8. The SMILES string of the molecule is CCNCc1cc(-c2cc(F)c(F)cc2F)ccc1F. The number of benzene rings is 2. The average Bonchev–Trinajstić information content (AvgIpc) is 2.42. The molecule has 1 nitrogen and oxygen atoms in total. The molecule has 106 valence electrons. The van der Waals surface area contributed by atoms with Crippen LogP contribution in [0.2, 0.25) is 0 Å². The summed E-state index contributed by atoms with van der Waals surface area (Å²) in [6.07, 6.45) is 0. The maximum atomic E-state index is 13.7. The molecule has 0 saturated carbocycles. The lowest BCUT2D eigenvalue weighted by molar-refractivity contribution is 0.496. The van der Waals surface area contributed by atoms with Crippen LogP contribution >= 0.6 is 0 Å². The second kappa shape index (κ2) is 6.05. The molecule has 0 radical (unpaired) electrons. The van der Waals surface area contributed by atoms with Crippen LogP contribution in [0.15, 0.2) is 30.3 Å². The first kappa shape index (κ1) is 14.5. The molecular formula is C15H13F4N. The van der Waals surface area contributed by atoms with Crippen LogP contribution in [0.25, 0.3) is 11.1 Å². The van der Waals surface area contributed by atoms with Gasteiger partial charge in [0.25, 0.3) is 0 Å². The van der Waals surface area contributed by atoms with Crippen molar-refractivity contribution in [2.75, 3.05) is 6.54 Å². The summed E-state index contributed by atoms with van der Waals surface area (Å²) in [5, 5.41) is 2.95. The molecule has 2 aromatic carbocycles. The first-order chi connectivity index (χ1) is 9.52. The Morgan fingerprint density at radius 1 is 0.850 bits per heavy atom. The van der Waals surface area contributed by atoms with E-state index in [0.717, 1.165) is 6.07 Å². The van der Waals surface area contributed by atoms with Crippen molar-refractivity contribution in [2.24, 2.45) is 0 Å². The van der Waals surface area contributed by atoms with E-state index in [-0.39, 0.29) is 12.1 Å². The van der Waals surface area contributed by atoms with E-state index in [4.69, 9.17) is 0 Å². The van der Waals surface area contributed by atoms with Gasteiger partial charge in [-0.05, 0) is 30.3 Å². The molecule has 0 unspecified atom stereocenters. The fourth-order valence-corrected chi connectivity index (χ4v) is 1.88. The summed E-state index contributed by atoms with van der Waals surface area (Å²) in [4.78, 5) is 0. The molecule has 0 saturated heterocycles. The Kier molecular flexibility index (Phi) is 4.39. The van der Waals surface area contributed by atoms with Gasteiger partial charge in [-0.2, -0.15) is 0 Å². The third kappa shape index (κ3) is 2.99. The zero-order chi connectivity index (χ0) is 14.7. The van der Waals surface area contributed by atoms with Crippen LogP contribution in [-0.2, 0) is 6.54 Å². The first-order valence-electron chi connectivity index (χ1n) is 6.17. The van der Waals surface area contributed by atoms with Gasteiger partial charge in [-0.3, -0.25) is 0 Å². The van der Waals surface area contributed by atoms with Gasteiger partial charge in [0.15, 0.2) is 11.6 Å². The highest BCUT2D eigenvalue weighted by molar-refractivity contribution is 5.65. The highest BCUT2D eigenvalue weighted by Crippen LogP contribution is 2.27. The lowest BCUT2D eigenvalue weighted by atomic mass is 10.0. The number of rotatable bonds is 4. The Balaban J connectivity index is 2.45. The van der Waals surface area contributed by atoms with Crippen molar-refractivity contribution in [2.45, 2.75) is 13.5 Å². The van der Waals surface area contributed by atoms with E-state index in [1.54, 1.807) is 0 Å². The molecule has 0 aliphatic carbocycles. The summed E-state index contributed by atoms with van der Waals surface area (Å²) in [6.45, 7) is 2.81. The molecule has 0 atom stereocenters. The van der Waals surface area contributed by atoms with Crippen LogP contribution < -0.4 is 5.32 Å². The van der Waals surface area contributed by atoms with Gasteiger partial charge in [0.1, 0.15) is 11.6 Å². The van der Waals surface area contributed by atoms with Crippen LogP contribution in [0.5, 0.6) is 0 Å². The Hall–Kier alpha value is -1.88. The van der Waals surface area contributed by atoms with Crippen LogP contribution in [0.3, 0.4) is 0 Å². The third-order valence-corrected chi connectivity index (χ3v) is 2.93. The number of halogens is 4. The molecule has 20 heavy (non-hydrogen) atoms. The van der Waals surface area contributed by atoms with E-state index in [9.17, 15) is 17.6 Å². The van der Waals surface area contributed by atoms with Gasteiger partial charge in [-0.15, -0.1) is 0 Å². The maximum absolute atomic E-state index is 13.7. The maximum Gasteiger partial charge on any atom is 0.161 e. The van der Waals surface area contributed by atoms with Crippen molar-refractivity contribution in [3.8, 4) is 11.1 Å². The second-order valence-electron chi connectivity index (χ2n) is 4.33. The van der Waals surface area contributed by atoms with E-state index in [1.807, 2.05) is 6.92 Å². The lowest BCUT2D eigenvalue weighted by Gasteiger charge is -2.09. The van der Waals surface area contributed by atoms with Gasteiger partial charge in [0, 0.05) is 23.7 Å². The van der Waals surface area contributed by atoms with Gasteiger partial charge < -0.3 is 5.32 Å². The van der Waals surface area contributed by atoms with E-state index in [1.165, 1.54) is 18.2 Å². The number of hydrogen-bond donors (Lipinski definition) is 1. The largest absolute Gasteiger partial charge is 0.313 e. The summed E-state index contributed by atoms with van der Waals surface area (Å²) in [5.41, 5.74) is 0.547. The van der Waals surface area contributed by atoms with Crippen molar-refractivity contribution < 1.29 is 17.6 Å². The molecule has 0 aromatic heterocycles. The van der Waals surface area contributed by atoms with Crippen LogP contribution in [0, 0.1) is 23.3 Å². The summed E-state index contributed by atoms with van der Waals surface area (Å²) >= 11 is 0. The van der Waals surface area contributed by atoms with Gasteiger partial charge >= 0.3 is 0 Å². The molecule has 0 heterocycles. The Morgan fingerprint density at radius 3 is 2.25 bits per heavy atom. The quantitative estimate of drug-likeness (QED) is 0.660. The Bertz CT molecular complexity index is 626. The number of hydrogen-bond acceptors (Lipinski definition) is 1. The zero-order valence-electron chi connectivity index (χ0n) is 10.8. The molecule has 5 heteroatoms. The highest BCUT2D eigenvalue weighted by Gasteiger charge is 2.13. The van der Waals surface area contributed by atoms with Gasteiger partial charge in [0.05, 0.1) is 0 Å². The average molecular weight is 283 g/mol. The highest BCUT2D eigenvalue weighted by atomic mass is 19.2. The van der Waals surface area contributed by atoms with Crippen molar-refractivity contribution in [1.82, 2.24) is 5.32 Å². The first-order valence-corrected chi connectivity index (χ1v) is 6.17. The van der Waals surface area contributed by atoms with Crippen molar-refractivity contribution in [1.29, 1.82) is 0 Å². The standard InChI is InChI=1S/C15H13F4N/c1-2-20-8-10-5-9(3-4-12(10)16)11-6-14(18)15(19)7-13(11)17/h3-7,20H,2,8H2,1H3. The molecule has 1 N–H and O–H groups in total. The molecule has 0 aliphatic rings. The van der Waals surface area contributed by atoms with Crippen LogP contribution in [-0.4, -0.2) is 6.54 Å². The minimum atomic E-state index is -1.25. The Morgan fingerprint density at radius 2 is 1.55 bits per heavy atom. The number of nitrogens with one attached hydrogen (secondary N) is 1. The van der Waals surface area contributed by atoms with Gasteiger partial charge in [0.2, 0.25) is 0 Å². The van der Waals surface area contributed by atoms with Gasteiger partial charge in [-0.1, -0.05) is 13.0 Å². The summed E-state index contributed by atoms with van der Waals surface area (Å²) in [5.74, 6) is -3.71. The molecular weight excluding hydrogens is 270 g/mol. The van der Waals surface area contributed by atoms with E-state index in [0.29, 0.717) is 23.7 Å². The summed E-state index contributed by atoms with van der Waals surface area (Å²) < 4.78 is 53.4. The predicted molar refractivity (Wildman–Crippen MR) is 69.1 cm³/mol. The molecule has 2 aromatic rings.